The lowest BCUT2D eigenvalue weighted by molar-refractivity contribution is -0.114. The van der Waals surface area contributed by atoms with Gasteiger partial charge in [0.1, 0.15) is 5.70 Å². The van der Waals surface area contributed by atoms with Crippen LogP contribution in [-0.4, -0.2) is 28.4 Å². The molecule has 124 valence electrons. The second-order valence-electron chi connectivity index (χ2n) is 6.08. The average Bonchev–Trinajstić information content (AvgIpc) is 3.08. The molecule has 1 amide bonds. The van der Waals surface area contributed by atoms with Crippen molar-refractivity contribution < 1.29 is 4.79 Å². The van der Waals surface area contributed by atoms with Crippen LogP contribution >= 0.6 is 0 Å². The SMILES string of the molecule is CN1C(N)=NC(=O)/C1=C/c1cn(Cc2ccccc2)c2ccccc12. The highest BCUT2D eigenvalue weighted by Gasteiger charge is 2.24. The van der Waals surface area contributed by atoms with Gasteiger partial charge in [-0.3, -0.25) is 4.79 Å². The van der Waals surface area contributed by atoms with Gasteiger partial charge in [-0.2, -0.15) is 4.99 Å². The summed E-state index contributed by atoms with van der Waals surface area (Å²) >= 11 is 0. The summed E-state index contributed by atoms with van der Waals surface area (Å²) in [6.07, 6.45) is 3.93. The highest BCUT2D eigenvalue weighted by atomic mass is 16.2. The van der Waals surface area contributed by atoms with E-state index in [1.807, 2.05) is 36.4 Å². The van der Waals surface area contributed by atoms with E-state index in [4.69, 9.17) is 5.73 Å². The number of aromatic nitrogens is 1. The second-order valence-corrected chi connectivity index (χ2v) is 6.08. The molecule has 1 aromatic heterocycles. The van der Waals surface area contributed by atoms with Gasteiger partial charge < -0.3 is 15.2 Å². The summed E-state index contributed by atoms with van der Waals surface area (Å²) < 4.78 is 2.20. The summed E-state index contributed by atoms with van der Waals surface area (Å²) in [5.41, 5.74) is 9.56. The maximum Gasteiger partial charge on any atom is 0.296 e. The third-order valence-electron chi connectivity index (χ3n) is 4.45. The molecule has 1 aliphatic heterocycles. The van der Waals surface area contributed by atoms with Crippen LogP contribution in [0.1, 0.15) is 11.1 Å². The number of guanidine groups is 1. The molecule has 0 saturated heterocycles. The van der Waals surface area contributed by atoms with Crippen LogP contribution in [0.4, 0.5) is 0 Å². The Bertz CT molecular complexity index is 1010. The van der Waals surface area contributed by atoms with Gasteiger partial charge in [0, 0.05) is 36.3 Å². The quantitative estimate of drug-likeness (QED) is 0.751. The van der Waals surface area contributed by atoms with E-state index in [1.54, 1.807) is 11.9 Å². The molecule has 25 heavy (non-hydrogen) atoms. The minimum absolute atomic E-state index is 0.226. The predicted octanol–water partition coefficient (Wildman–Crippen LogP) is 2.82. The molecule has 0 bridgehead atoms. The number of hydrogen-bond acceptors (Lipinski definition) is 3. The van der Waals surface area contributed by atoms with Gasteiger partial charge in [-0.1, -0.05) is 48.5 Å². The molecule has 5 nitrogen and oxygen atoms in total. The molecule has 2 heterocycles. The highest BCUT2D eigenvalue weighted by Crippen LogP contribution is 2.26. The molecule has 0 unspecified atom stereocenters. The summed E-state index contributed by atoms with van der Waals surface area (Å²) in [6.45, 7) is 0.771. The third kappa shape index (κ3) is 2.70. The van der Waals surface area contributed by atoms with Gasteiger partial charge in [0.05, 0.1) is 0 Å². The summed E-state index contributed by atoms with van der Waals surface area (Å²) in [5.74, 6) is -0.0795. The Morgan fingerprint density at radius 3 is 2.52 bits per heavy atom. The number of amides is 1. The van der Waals surface area contributed by atoms with E-state index in [0.717, 1.165) is 23.0 Å². The van der Waals surface area contributed by atoms with Crippen LogP contribution in [0.15, 0.2) is 71.5 Å². The Hall–Kier alpha value is -3.34. The maximum atomic E-state index is 12.0. The zero-order valence-corrected chi connectivity index (χ0v) is 13.9. The largest absolute Gasteiger partial charge is 0.369 e. The lowest BCUT2D eigenvalue weighted by Crippen LogP contribution is -2.28. The Kier molecular flexibility index (Phi) is 3.61. The van der Waals surface area contributed by atoms with Crippen molar-refractivity contribution in [2.45, 2.75) is 6.54 Å². The van der Waals surface area contributed by atoms with Crippen molar-refractivity contribution in [3.8, 4) is 0 Å². The van der Waals surface area contributed by atoms with Crippen LogP contribution in [0, 0.1) is 0 Å². The van der Waals surface area contributed by atoms with Crippen LogP contribution in [0.3, 0.4) is 0 Å². The zero-order chi connectivity index (χ0) is 17.4. The molecule has 1 aliphatic rings. The molecule has 0 fully saturated rings. The van der Waals surface area contributed by atoms with Gasteiger partial charge in [-0.15, -0.1) is 0 Å². The van der Waals surface area contributed by atoms with Gasteiger partial charge >= 0.3 is 0 Å². The van der Waals surface area contributed by atoms with Crippen molar-refractivity contribution in [2.75, 3.05) is 7.05 Å². The molecule has 0 atom stereocenters. The fourth-order valence-corrected chi connectivity index (χ4v) is 3.11. The van der Waals surface area contributed by atoms with Crippen LogP contribution < -0.4 is 5.73 Å². The number of aliphatic imine (C=N–C) groups is 1. The number of nitrogens with two attached hydrogens (primary N) is 1. The summed E-state index contributed by atoms with van der Waals surface area (Å²) in [5, 5.41) is 1.10. The lowest BCUT2D eigenvalue weighted by Gasteiger charge is -2.10. The van der Waals surface area contributed by atoms with Crippen LogP contribution in [-0.2, 0) is 11.3 Å². The molecule has 5 heteroatoms. The van der Waals surface area contributed by atoms with Crippen molar-refractivity contribution in [1.29, 1.82) is 0 Å². The van der Waals surface area contributed by atoms with E-state index in [1.165, 1.54) is 5.56 Å². The topological polar surface area (TPSA) is 63.6 Å². The molecular formula is C20H18N4O. The molecule has 2 aromatic carbocycles. The average molecular weight is 330 g/mol. The number of hydrogen-bond donors (Lipinski definition) is 1. The number of likely N-dealkylation sites (N-methyl/N-ethyl adjacent to an activating group) is 1. The normalized spacial score (nSPS) is 16.0. The minimum Gasteiger partial charge on any atom is -0.369 e. The lowest BCUT2D eigenvalue weighted by atomic mass is 10.1. The number of benzene rings is 2. The number of nitrogens with zero attached hydrogens (tertiary/aromatic N) is 3. The van der Waals surface area contributed by atoms with Crippen molar-refractivity contribution >= 4 is 28.8 Å². The first-order valence-electron chi connectivity index (χ1n) is 8.09. The van der Waals surface area contributed by atoms with Gasteiger partial charge in [0.15, 0.2) is 0 Å². The zero-order valence-electron chi connectivity index (χ0n) is 13.9. The van der Waals surface area contributed by atoms with Crippen LogP contribution in [0.25, 0.3) is 17.0 Å². The van der Waals surface area contributed by atoms with Crippen molar-refractivity contribution in [1.82, 2.24) is 9.47 Å². The van der Waals surface area contributed by atoms with E-state index >= 15 is 0 Å². The van der Waals surface area contributed by atoms with E-state index in [-0.39, 0.29) is 11.9 Å². The minimum atomic E-state index is -0.306. The molecule has 0 saturated carbocycles. The Morgan fingerprint density at radius 2 is 1.80 bits per heavy atom. The molecular weight excluding hydrogens is 312 g/mol. The van der Waals surface area contributed by atoms with E-state index < -0.39 is 0 Å². The first kappa shape index (κ1) is 15.2. The van der Waals surface area contributed by atoms with Crippen LogP contribution in [0.5, 0.6) is 0 Å². The number of rotatable bonds is 3. The van der Waals surface area contributed by atoms with Gasteiger partial charge in [0.25, 0.3) is 5.91 Å². The fraction of sp³-hybridized carbons (Fsp3) is 0.100. The fourth-order valence-electron chi connectivity index (χ4n) is 3.11. The molecule has 3 aromatic rings. The smallest absolute Gasteiger partial charge is 0.296 e. The summed E-state index contributed by atoms with van der Waals surface area (Å²) in [4.78, 5) is 17.5. The highest BCUT2D eigenvalue weighted by molar-refractivity contribution is 6.12. The number of fused-ring (bicyclic) bond motifs is 1. The first-order chi connectivity index (χ1) is 12.1. The molecule has 4 rings (SSSR count). The van der Waals surface area contributed by atoms with Gasteiger partial charge in [0.2, 0.25) is 5.96 Å². The van der Waals surface area contributed by atoms with Gasteiger partial charge in [-0.25, -0.2) is 0 Å². The molecule has 0 spiro atoms. The second kappa shape index (κ2) is 5.94. The summed E-state index contributed by atoms with van der Waals surface area (Å²) in [6, 6.07) is 18.5. The molecule has 2 N–H and O–H groups in total. The predicted molar refractivity (Wildman–Crippen MR) is 99.9 cm³/mol. The summed E-state index contributed by atoms with van der Waals surface area (Å²) in [7, 11) is 1.75. The van der Waals surface area contributed by atoms with E-state index in [9.17, 15) is 4.79 Å². The Labute approximate surface area is 145 Å². The number of carbonyl (C=O) groups is 1. The molecule has 0 aliphatic carbocycles. The monoisotopic (exact) mass is 330 g/mol. The third-order valence-corrected chi connectivity index (χ3v) is 4.45. The molecule has 0 radical (unpaired) electrons. The van der Waals surface area contributed by atoms with Crippen molar-refractivity contribution in [2.24, 2.45) is 10.7 Å². The number of carbonyl (C=O) groups excluding carboxylic acids is 1. The maximum absolute atomic E-state index is 12.0. The van der Waals surface area contributed by atoms with Crippen LogP contribution in [0.2, 0.25) is 0 Å². The van der Waals surface area contributed by atoms with Crippen molar-refractivity contribution in [3.05, 3.63) is 77.6 Å². The first-order valence-corrected chi connectivity index (χ1v) is 8.09. The van der Waals surface area contributed by atoms with E-state index in [2.05, 4.69) is 40.0 Å². The Balaban J connectivity index is 1.79. The Morgan fingerprint density at radius 1 is 1.08 bits per heavy atom. The standard InChI is InChI=1S/C20H18N4O/c1-23-18(19(25)22-20(23)21)11-15-13-24(12-14-7-3-2-4-8-14)17-10-6-5-9-16(15)17/h2-11,13H,12H2,1H3,(H2,21,22,25)/b18-11-. The van der Waals surface area contributed by atoms with Crippen molar-refractivity contribution in [3.63, 3.8) is 0 Å². The number of para-hydroxylation sites is 1. The van der Waals surface area contributed by atoms with Gasteiger partial charge in [-0.05, 0) is 17.7 Å². The van der Waals surface area contributed by atoms with E-state index in [0.29, 0.717) is 5.70 Å².